The normalized spacial score (nSPS) is 17.8. The Morgan fingerprint density at radius 2 is 1.91 bits per heavy atom. The van der Waals surface area contributed by atoms with Crippen molar-refractivity contribution in [1.82, 2.24) is 14.8 Å². The lowest BCUT2D eigenvalue weighted by Gasteiger charge is -2.33. The minimum Gasteiger partial charge on any atom is -0.423 e. The monoisotopic (exact) mass is 490 g/mol. The summed E-state index contributed by atoms with van der Waals surface area (Å²) in [6, 6.07) is 8.28. The van der Waals surface area contributed by atoms with E-state index in [9.17, 15) is 4.79 Å². The van der Waals surface area contributed by atoms with Gasteiger partial charge in [0, 0.05) is 54.9 Å². The summed E-state index contributed by atoms with van der Waals surface area (Å²) >= 11 is 9.63. The van der Waals surface area contributed by atoms with Crippen LogP contribution in [-0.4, -0.2) is 72.3 Å². The minimum atomic E-state index is 0.211. The molecule has 0 bridgehead atoms. The maximum Gasteiger partial charge on any atom is 0.298 e. The number of thioether (sulfide) groups is 1. The number of unbranched alkanes of at least 4 members (excludes halogenated alkanes) is 1. The van der Waals surface area contributed by atoms with Gasteiger partial charge in [-0.2, -0.15) is 4.98 Å². The molecule has 170 valence electrons. The Hall–Kier alpha value is -1.74. The molecule has 2 aromatic heterocycles. The number of aromatic nitrogens is 1. The van der Waals surface area contributed by atoms with Crippen LogP contribution in [0.2, 0.25) is 5.02 Å². The second-order valence-electron chi connectivity index (χ2n) is 8.34. The molecule has 1 aromatic carbocycles. The van der Waals surface area contributed by atoms with E-state index in [1.165, 1.54) is 9.09 Å². The summed E-state index contributed by atoms with van der Waals surface area (Å²) in [5.41, 5.74) is 2.49. The third-order valence-electron chi connectivity index (χ3n) is 6.07. The molecule has 0 unspecified atom stereocenters. The van der Waals surface area contributed by atoms with Gasteiger partial charge in [-0.05, 0) is 50.6 Å². The van der Waals surface area contributed by atoms with E-state index in [2.05, 4.69) is 27.8 Å². The predicted octanol–water partition coefficient (Wildman–Crippen LogP) is 5.00. The summed E-state index contributed by atoms with van der Waals surface area (Å²) in [5, 5.41) is 0.675. The smallest absolute Gasteiger partial charge is 0.298 e. The SMILES string of the molecule is Cc1cc2c(s1)SCCN(CCCCN1CCN(c3nc4cc(Cl)ccc4o3)CC1)C2=O. The van der Waals surface area contributed by atoms with Crippen molar-refractivity contribution in [1.29, 1.82) is 0 Å². The number of anilines is 1. The molecule has 0 atom stereocenters. The number of carbonyl (C=O) groups is 1. The summed E-state index contributed by atoms with van der Waals surface area (Å²) in [6.45, 7) is 8.64. The number of amides is 1. The molecular formula is C23H27ClN4O2S2. The first-order valence-corrected chi connectivity index (χ1v) is 13.3. The summed E-state index contributed by atoms with van der Waals surface area (Å²) in [5.74, 6) is 1.20. The fourth-order valence-electron chi connectivity index (χ4n) is 4.31. The molecule has 1 saturated heterocycles. The highest BCUT2D eigenvalue weighted by Crippen LogP contribution is 2.35. The van der Waals surface area contributed by atoms with Crippen molar-refractivity contribution in [3.8, 4) is 0 Å². The van der Waals surface area contributed by atoms with E-state index >= 15 is 0 Å². The molecule has 1 fully saturated rings. The van der Waals surface area contributed by atoms with Crippen molar-refractivity contribution in [3.05, 3.63) is 39.7 Å². The van der Waals surface area contributed by atoms with Gasteiger partial charge >= 0.3 is 0 Å². The summed E-state index contributed by atoms with van der Waals surface area (Å²) in [4.78, 5) is 25.4. The van der Waals surface area contributed by atoms with Gasteiger partial charge in [-0.3, -0.25) is 9.69 Å². The number of carbonyl (C=O) groups excluding carboxylic acids is 1. The molecule has 9 heteroatoms. The maximum absolute atomic E-state index is 12.9. The first-order chi connectivity index (χ1) is 15.6. The second kappa shape index (κ2) is 9.63. The molecule has 5 rings (SSSR count). The van der Waals surface area contributed by atoms with E-state index in [4.69, 9.17) is 16.0 Å². The zero-order valence-corrected chi connectivity index (χ0v) is 20.6. The molecule has 2 aliphatic heterocycles. The number of oxazole rings is 1. The number of nitrogens with zero attached hydrogens (tertiary/aromatic N) is 4. The van der Waals surface area contributed by atoms with Crippen molar-refractivity contribution < 1.29 is 9.21 Å². The number of fused-ring (bicyclic) bond motifs is 2. The van der Waals surface area contributed by atoms with Crippen LogP contribution in [-0.2, 0) is 0 Å². The van der Waals surface area contributed by atoms with E-state index in [1.807, 2.05) is 34.9 Å². The fraction of sp³-hybridized carbons (Fsp3) is 0.478. The lowest BCUT2D eigenvalue weighted by atomic mass is 10.2. The van der Waals surface area contributed by atoms with Gasteiger partial charge in [0.2, 0.25) is 0 Å². The lowest BCUT2D eigenvalue weighted by Crippen LogP contribution is -2.46. The Balaban J connectivity index is 1.07. The van der Waals surface area contributed by atoms with E-state index in [0.717, 1.165) is 81.1 Å². The Bertz CT molecular complexity index is 1110. The van der Waals surface area contributed by atoms with Crippen molar-refractivity contribution in [2.75, 3.05) is 56.5 Å². The van der Waals surface area contributed by atoms with E-state index < -0.39 is 0 Å². The molecule has 32 heavy (non-hydrogen) atoms. The molecule has 0 radical (unpaired) electrons. The third kappa shape index (κ3) is 4.78. The molecule has 0 aliphatic carbocycles. The van der Waals surface area contributed by atoms with Gasteiger partial charge in [0.15, 0.2) is 5.58 Å². The van der Waals surface area contributed by atoms with Crippen molar-refractivity contribution >= 4 is 57.7 Å². The summed E-state index contributed by atoms with van der Waals surface area (Å²) < 4.78 is 7.10. The van der Waals surface area contributed by atoms with Crippen molar-refractivity contribution in [2.45, 2.75) is 24.0 Å². The molecule has 4 heterocycles. The number of benzene rings is 1. The van der Waals surface area contributed by atoms with E-state index in [-0.39, 0.29) is 5.91 Å². The standard InChI is InChI=1S/C23H27ClN4O2S2/c1-16-14-18-21(29)27(12-13-31-22(18)32-16)7-3-2-6-26-8-10-28(11-9-26)23-25-19-15-17(24)4-5-20(19)30-23/h4-5,14-15H,2-3,6-13H2,1H3. The Morgan fingerprint density at radius 1 is 1.09 bits per heavy atom. The number of hydrogen-bond acceptors (Lipinski definition) is 7. The number of aryl methyl sites for hydroxylation is 1. The maximum atomic E-state index is 12.9. The van der Waals surface area contributed by atoms with Gasteiger partial charge in [-0.25, -0.2) is 0 Å². The number of halogens is 1. The predicted molar refractivity (Wildman–Crippen MR) is 133 cm³/mol. The Labute approximate surface area is 201 Å². The quantitative estimate of drug-likeness (QED) is 0.453. The second-order valence-corrected chi connectivity index (χ2v) is 11.4. The zero-order valence-electron chi connectivity index (χ0n) is 18.2. The lowest BCUT2D eigenvalue weighted by molar-refractivity contribution is 0.0761. The molecule has 0 N–H and O–H groups in total. The van der Waals surface area contributed by atoms with Crippen molar-refractivity contribution in [3.63, 3.8) is 0 Å². The van der Waals surface area contributed by atoms with Gasteiger partial charge in [0.25, 0.3) is 11.9 Å². The molecule has 6 nitrogen and oxygen atoms in total. The van der Waals surface area contributed by atoms with Gasteiger partial charge in [-0.1, -0.05) is 11.6 Å². The highest BCUT2D eigenvalue weighted by atomic mass is 35.5. The van der Waals surface area contributed by atoms with Crippen LogP contribution in [0.4, 0.5) is 6.01 Å². The van der Waals surface area contributed by atoms with Crippen LogP contribution in [0.3, 0.4) is 0 Å². The van der Waals surface area contributed by atoms with E-state index in [1.54, 1.807) is 11.3 Å². The first kappa shape index (κ1) is 22.1. The number of rotatable bonds is 6. The summed E-state index contributed by atoms with van der Waals surface area (Å²) in [7, 11) is 0. The first-order valence-electron chi connectivity index (χ1n) is 11.1. The molecule has 0 saturated carbocycles. The van der Waals surface area contributed by atoms with Crippen LogP contribution < -0.4 is 4.90 Å². The van der Waals surface area contributed by atoms with Crippen LogP contribution in [0.1, 0.15) is 28.1 Å². The minimum absolute atomic E-state index is 0.211. The van der Waals surface area contributed by atoms with Crippen LogP contribution in [0.25, 0.3) is 11.1 Å². The van der Waals surface area contributed by atoms with Crippen LogP contribution in [0.15, 0.2) is 32.9 Å². The van der Waals surface area contributed by atoms with Crippen LogP contribution in [0, 0.1) is 6.92 Å². The number of thiophene rings is 1. The highest BCUT2D eigenvalue weighted by molar-refractivity contribution is 8.01. The largest absolute Gasteiger partial charge is 0.423 e. The van der Waals surface area contributed by atoms with Gasteiger partial charge in [0.05, 0.1) is 9.77 Å². The number of piperazine rings is 1. The van der Waals surface area contributed by atoms with Crippen molar-refractivity contribution in [2.24, 2.45) is 0 Å². The summed E-state index contributed by atoms with van der Waals surface area (Å²) in [6.07, 6.45) is 2.15. The van der Waals surface area contributed by atoms with E-state index in [0.29, 0.717) is 11.0 Å². The molecule has 3 aromatic rings. The average Bonchev–Trinajstić information content (AvgIpc) is 3.34. The van der Waals surface area contributed by atoms with Gasteiger partial charge in [0.1, 0.15) is 5.52 Å². The third-order valence-corrected chi connectivity index (χ3v) is 8.62. The Morgan fingerprint density at radius 3 is 2.75 bits per heavy atom. The molecule has 0 spiro atoms. The van der Waals surface area contributed by atoms with Crippen LogP contribution in [0.5, 0.6) is 0 Å². The number of hydrogen-bond donors (Lipinski definition) is 0. The fourth-order valence-corrected chi connectivity index (χ4v) is 6.88. The topological polar surface area (TPSA) is 52.8 Å². The highest BCUT2D eigenvalue weighted by Gasteiger charge is 2.25. The molecule has 2 aliphatic rings. The zero-order chi connectivity index (χ0) is 22.1. The molecule has 1 amide bonds. The molecular weight excluding hydrogens is 464 g/mol. The average molecular weight is 491 g/mol. The Kier molecular flexibility index (Phi) is 6.64. The van der Waals surface area contributed by atoms with Gasteiger partial charge in [-0.15, -0.1) is 23.1 Å². The van der Waals surface area contributed by atoms with Gasteiger partial charge < -0.3 is 14.2 Å². The van der Waals surface area contributed by atoms with Crippen LogP contribution >= 0.6 is 34.7 Å².